The molecule has 142 valence electrons. The Balaban J connectivity index is 1.95. The van der Waals surface area contributed by atoms with Crippen molar-refractivity contribution in [2.45, 2.75) is 18.9 Å². The maximum atomic E-state index is 13.1. The van der Waals surface area contributed by atoms with Gasteiger partial charge < -0.3 is 19.5 Å². The molecule has 6 nitrogen and oxygen atoms in total. The smallest absolute Gasteiger partial charge is 0.323 e. The van der Waals surface area contributed by atoms with Gasteiger partial charge >= 0.3 is 5.97 Å². The molecule has 1 aliphatic rings. The van der Waals surface area contributed by atoms with Gasteiger partial charge in [-0.25, -0.2) is 0 Å². The number of carbonyl (C=O) groups is 2. The van der Waals surface area contributed by atoms with E-state index in [4.69, 9.17) is 9.47 Å². The molecule has 27 heavy (non-hydrogen) atoms. The number of rotatable bonds is 6. The number of carbonyl (C=O) groups excluding carboxylic acids is 1. The minimum absolute atomic E-state index is 0.135. The first-order valence-electron chi connectivity index (χ1n) is 8.94. The number of carboxylic acids is 1. The normalized spacial score (nSPS) is 14.6. The lowest BCUT2D eigenvalue weighted by Gasteiger charge is -2.33. The summed E-state index contributed by atoms with van der Waals surface area (Å²) in [5, 5.41) is 9.28. The van der Waals surface area contributed by atoms with Crippen LogP contribution >= 0.6 is 0 Å². The summed E-state index contributed by atoms with van der Waals surface area (Å²) >= 11 is 0. The van der Waals surface area contributed by atoms with Gasteiger partial charge in [0.2, 0.25) is 0 Å². The second kappa shape index (κ2) is 8.68. The first-order chi connectivity index (χ1) is 13.1. The van der Waals surface area contributed by atoms with Gasteiger partial charge in [0.1, 0.15) is 12.3 Å². The number of hydrogen-bond acceptors (Lipinski definition) is 4. The van der Waals surface area contributed by atoms with Crippen LogP contribution in [-0.4, -0.2) is 54.8 Å². The molecule has 0 aromatic heterocycles. The van der Waals surface area contributed by atoms with Crippen LogP contribution in [-0.2, 0) is 9.53 Å². The fourth-order valence-corrected chi connectivity index (χ4v) is 3.36. The van der Waals surface area contributed by atoms with E-state index >= 15 is 0 Å². The van der Waals surface area contributed by atoms with Gasteiger partial charge in [-0.05, 0) is 36.6 Å². The van der Waals surface area contributed by atoms with Crippen LogP contribution < -0.4 is 4.74 Å². The number of aliphatic carboxylic acids is 1. The number of methoxy groups -OCH3 is 1. The van der Waals surface area contributed by atoms with Gasteiger partial charge in [0.05, 0.1) is 7.11 Å². The average Bonchev–Trinajstić information content (AvgIpc) is 2.72. The zero-order chi connectivity index (χ0) is 19.2. The summed E-state index contributed by atoms with van der Waals surface area (Å²) in [6.07, 6.45) is 1.28. The van der Waals surface area contributed by atoms with Gasteiger partial charge in [0.15, 0.2) is 0 Å². The Kier molecular flexibility index (Phi) is 6.08. The highest BCUT2D eigenvalue weighted by atomic mass is 16.5. The van der Waals surface area contributed by atoms with E-state index in [9.17, 15) is 14.7 Å². The van der Waals surface area contributed by atoms with E-state index in [1.807, 2.05) is 30.3 Å². The first kappa shape index (κ1) is 18.9. The largest absolute Gasteiger partial charge is 0.496 e. The van der Waals surface area contributed by atoms with E-state index in [0.29, 0.717) is 37.4 Å². The lowest BCUT2D eigenvalue weighted by molar-refractivity contribution is -0.138. The van der Waals surface area contributed by atoms with E-state index in [-0.39, 0.29) is 18.5 Å². The number of hydrogen-bond donors (Lipinski definition) is 1. The standard InChI is InChI=1S/C21H23NO5/c1-26-19-8-7-16(13-18(19)15-5-3-2-4-6-15)21(25)22(14-20(23)24)17-9-11-27-12-10-17/h2-8,13,17H,9-12,14H2,1H3,(H,23,24). The van der Waals surface area contributed by atoms with Crippen molar-refractivity contribution in [2.75, 3.05) is 26.9 Å². The molecule has 2 aromatic rings. The van der Waals surface area contributed by atoms with Crippen LogP contribution in [0.5, 0.6) is 5.75 Å². The molecule has 0 atom stereocenters. The average molecular weight is 369 g/mol. The van der Waals surface area contributed by atoms with Crippen molar-refractivity contribution < 1.29 is 24.2 Å². The molecule has 1 N–H and O–H groups in total. The Hall–Kier alpha value is -2.86. The predicted octanol–water partition coefficient (Wildman–Crippen LogP) is 3.07. The van der Waals surface area contributed by atoms with Crippen LogP contribution in [0.2, 0.25) is 0 Å². The molecule has 0 unspecified atom stereocenters. The Bertz CT molecular complexity index is 799. The Morgan fingerprint density at radius 1 is 1.15 bits per heavy atom. The van der Waals surface area contributed by atoms with Gasteiger partial charge in [-0.2, -0.15) is 0 Å². The monoisotopic (exact) mass is 369 g/mol. The van der Waals surface area contributed by atoms with Crippen molar-refractivity contribution in [3.05, 3.63) is 54.1 Å². The SMILES string of the molecule is COc1ccc(C(=O)N(CC(=O)O)C2CCOCC2)cc1-c1ccccc1. The molecule has 6 heteroatoms. The lowest BCUT2D eigenvalue weighted by atomic mass is 10.00. The van der Waals surface area contributed by atoms with Crippen LogP contribution in [0.4, 0.5) is 0 Å². The maximum Gasteiger partial charge on any atom is 0.323 e. The number of nitrogens with zero attached hydrogens (tertiary/aromatic N) is 1. The van der Waals surface area contributed by atoms with Gasteiger partial charge in [-0.1, -0.05) is 30.3 Å². The third kappa shape index (κ3) is 4.46. The first-order valence-corrected chi connectivity index (χ1v) is 8.94. The molecule has 1 saturated heterocycles. The second-order valence-electron chi connectivity index (χ2n) is 6.45. The molecule has 0 spiro atoms. The molecular weight excluding hydrogens is 346 g/mol. The lowest BCUT2D eigenvalue weighted by Crippen LogP contribution is -2.46. The quantitative estimate of drug-likeness (QED) is 0.847. The highest BCUT2D eigenvalue weighted by molar-refractivity contribution is 5.97. The van der Waals surface area contributed by atoms with Crippen molar-refractivity contribution in [3.63, 3.8) is 0 Å². The fraction of sp³-hybridized carbons (Fsp3) is 0.333. The number of benzene rings is 2. The molecule has 0 aliphatic carbocycles. The zero-order valence-corrected chi connectivity index (χ0v) is 15.3. The molecule has 0 saturated carbocycles. The predicted molar refractivity (Wildman–Crippen MR) is 101 cm³/mol. The van der Waals surface area contributed by atoms with Crippen molar-refractivity contribution in [1.82, 2.24) is 4.90 Å². The van der Waals surface area contributed by atoms with Gasteiger partial charge in [0.25, 0.3) is 5.91 Å². The molecule has 1 amide bonds. The van der Waals surface area contributed by atoms with Crippen LogP contribution in [0.3, 0.4) is 0 Å². The molecule has 1 fully saturated rings. The second-order valence-corrected chi connectivity index (χ2v) is 6.45. The van der Waals surface area contributed by atoms with E-state index in [0.717, 1.165) is 11.1 Å². The molecule has 1 aliphatic heterocycles. The van der Waals surface area contributed by atoms with E-state index in [1.54, 1.807) is 25.3 Å². The fourth-order valence-electron chi connectivity index (χ4n) is 3.36. The van der Waals surface area contributed by atoms with Gasteiger partial charge in [0, 0.05) is 30.4 Å². The van der Waals surface area contributed by atoms with Crippen LogP contribution in [0.1, 0.15) is 23.2 Å². The highest BCUT2D eigenvalue weighted by Gasteiger charge is 2.28. The number of carboxylic acid groups (broad SMARTS) is 1. The third-order valence-corrected chi connectivity index (χ3v) is 4.73. The van der Waals surface area contributed by atoms with Crippen LogP contribution in [0, 0.1) is 0 Å². The zero-order valence-electron chi connectivity index (χ0n) is 15.3. The minimum atomic E-state index is -1.02. The molecular formula is C21H23NO5. The molecule has 1 heterocycles. The summed E-state index contributed by atoms with van der Waals surface area (Å²) in [4.78, 5) is 25.9. The van der Waals surface area contributed by atoms with Crippen molar-refractivity contribution >= 4 is 11.9 Å². The molecule has 2 aromatic carbocycles. The van der Waals surface area contributed by atoms with Gasteiger partial charge in [-0.15, -0.1) is 0 Å². The summed E-state index contributed by atoms with van der Waals surface area (Å²) in [5.74, 6) is -0.649. The Morgan fingerprint density at radius 2 is 1.85 bits per heavy atom. The minimum Gasteiger partial charge on any atom is -0.496 e. The highest BCUT2D eigenvalue weighted by Crippen LogP contribution is 2.31. The Labute approximate surface area is 158 Å². The number of amides is 1. The summed E-state index contributed by atoms with van der Waals surface area (Å²) in [7, 11) is 1.59. The van der Waals surface area contributed by atoms with Crippen LogP contribution in [0.25, 0.3) is 11.1 Å². The number of ether oxygens (including phenoxy) is 2. The summed E-state index contributed by atoms with van der Waals surface area (Å²) in [6.45, 7) is 0.744. The summed E-state index contributed by atoms with van der Waals surface area (Å²) in [6, 6.07) is 14.7. The molecule has 3 rings (SSSR count). The van der Waals surface area contributed by atoms with Crippen molar-refractivity contribution in [3.8, 4) is 16.9 Å². The van der Waals surface area contributed by atoms with E-state index in [2.05, 4.69) is 0 Å². The van der Waals surface area contributed by atoms with E-state index in [1.165, 1.54) is 4.90 Å². The van der Waals surface area contributed by atoms with Gasteiger partial charge in [-0.3, -0.25) is 9.59 Å². The summed E-state index contributed by atoms with van der Waals surface area (Å²) < 4.78 is 10.8. The maximum absolute atomic E-state index is 13.1. The van der Waals surface area contributed by atoms with Crippen LogP contribution in [0.15, 0.2) is 48.5 Å². The Morgan fingerprint density at radius 3 is 2.48 bits per heavy atom. The third-order valence-electron chi connectivity index (χ3n) is 4.73. The van der Waals surface area contributed by atoms with Crippen molar-refractivity contribution in [1.29, 1.82) is 0 Å². The van der Waals surface area contributed by atoms with E-state index < -0.39 is 5.97 Å². The summed E-state index contributed by atoms with van der Waals surface area (Å²) in [5.41, 5.74) is 2.17. The molecule has 0 radical (unpaired) electrons. The molecule has 0 bridgehead atoms. The topological polar surface area (TPSA) is 76.1 Å². The van der Waals surface area contributed by atoms with Crippen molar-refractivity contribution in [2.24, 2.45) is 0 Å².